The summed E-state index contributed by atoms with van der Waals surface area (Å²) in [5.74, 6) is -3.25. The Kier molecular flexibility index (Phi) is 6.89. The van der Waals surface area contributed by atoms with E-state index in [0.717, 1.165) is 5.56 Å². The monoisotopic (exact) mass is 371 g/mol. The second kappa shape index (κ2) is 8.45. The topological polar surface area (TPSA) is 150 Å². The van der Waals surface area contributed by atoms with Gasteiger partial charge in [0.25, 0.3) is 5.91 Å². The number of carbonyl (C=O) groups excluding carboxylic acids is 3. The number of hydrogen-bond acceptors (Lipinski definition) is 6. The van der Waals surface area contributed by atoms with E-state index in [4.69, 9.17) is 10.8 Å². The van der Waals surface area contributed by atoms with Crippen LogP contribution in [0.4, 0.5) is 0 Å². The highest BCUT2D eigenvalue weighted by Gasteiger charge is 2.40. The quantitative estimate of drug-likeness (QED) is 0.469. The number of benzene rings is 1. The van der Waals surface area contributed by atoms with Crippen LogP contribution in [-0.4, -0.2) is 57.4 Å². The number of nitrogens with zero attached hydrogens (tertiary/aromatic N) is 1. The number of rotatable bonds is 6. The normalized spacial score (nSPS) is 17.8. The van der Waals surface area contributed by atoms with Gasteiger partial charge >= 0.3 is 5.97 Å². The van der Waals surface area contributed by atoms with Gasteiger partial charge in [-0.05, 0) is 24.1 Å². The maximum Gasteiger partial charge on any atom is 0.323 e. The van der Waals surface area contributed by atoms with E-state index in [1.54, 1.807) is 12.1 Å². The molecule has 0 saturated carbocycles. The second-order valence-corrected chi connectivity index (χ2v) is 5.45. The highest BCUT2D eigenvalue weighted by atomic mass is 35.5. The molecule has 1 fully saturated rings. The van der Waals surface area contributed by atoms with E-state index >= 15 is 0 Å². The van der Waals surface area contributed by atoms with Crippen LogP contribution in [-0.2, 0) is 25.6 Å². The average Bonchev–Trinajstić information content (AvgIpc) is 2.76. The summed E-state index contributed by atoms with van der Waals surface area (Å²) in [6.45, 7) is -0.733. The van der Waals surface area contributed by atoms with E-state index in [2.05, 4.69) is 5.32 Å². The summed E-state index contributed by atoms with van der Waals surface area (Å²) in [7, 11) is 0. The maximum absolute atomic E-state index is 12.1. The lowest BCUT2D eigenvalue weighted by Crippen LogP contribution is -2.49. The minimum absolute atomic E-state index is 0. The lowest BCUT2D eigenvalue weighted by atomic mass is 10.1. The second-order valence-electron chi connectivity index (χ2n) is 5.45. The number of carboxylic acid groups (broad SMARTS) is 1. The molecule has 2 rings (SSSR count). The Hall–Kier alpha value is -2.65. The summed E-state index contributed by atoms with van der Waals surface area (Å²) in [6.07, 6.45) is -0.108. The molecule has 9 nitrogen and oxygen atoms in total. The van der Waals surface area contributed by atoms with Crippen molar-refractivity contribution in [2.24, 2.45) is 5.73 Å². The van der Waals surface area contributed by atoms with E-state index in [0.29, 0.717) is 4.90 Å². The smallest absolute Gasteiger partial charge is 0.323 e. The van der Waals surface area contributed by atoms with E-state index in [1.807, 2.05) is 0 Å². The van der Waals surface area contributed by atoms with Gasteiger partial charge in [-0.1, -0.05) is 12.1 Å². The summed E-state index contributed by atoms with van der Waals surface area (Å²) in [4.78, 5) is 46.9. The Balaban J connectivity index is 0.00000312. The predicted octanol–water partition coefficient (Wildman–Crippen LogP) is -0.988. The largest absolute Gasteiger partial charge is 0.508 e. The molecule has 0 radical (unpaired) electrons. The van der Waals surface area contributed by atoms with Crippen LogP contribution in [0.5, 0.6) is 5.75 Å². The van der Waals surface area contributed by atoms with Crippen LogP contribution < -0.4 is 11.1 Å². The fourth-order valence-corrected chi connectivity index (χ4v) is 2.35. The fraction of sp³-hybridized carbons (Fsp3) is 0.333. The molecule has 0 unspecified atom stereocenters. The van der Waals surface area contributed by atoms with Crippen LogP contribution in [0.25, 0.3) is 0 Å². The van der Waals surface area contributed by atoms with Gasteiger partial charge in [-0.3, -0.25) is 24.1 Å². The third kappa shape index (κ3) is 5.16. The number of phenols is 1. The molecule has 10 heteroatoms. The first-order valence-electron chi connectivity index (χ1n) is 7.18. The number of halogens is 1. The van der Waals surface area contributed by atoms with Gasteiger partial charge in [0, 0.05) is 0 Å². The first-order chi connectivity index (χ1) is 11.3. The van der Waals surface area contributed by atoms with Crippen molar-refractivity contribution in [2.45, 2.75) is 24.9 Å². The van der Waals surface area contributed by atoms with Crippen LogP contribution in [0.15, 0.2) is 24.3 Å². The average molecular weight is 372 g/mol. The number of likely N-dealkylation sites (tertiary alicyclic amines) is 1. The molecule has 0 aliphatic carbocycles. The summed E-state index contributed by atoms with van der Waals surface area (Å²) in [6, 6.07) is 4.09. The zero-order valence-corrected chi connectivity index (χ0v) is 13.9. The molecule has 3 amide bonds. The van der Waals surface area contributed by atoms with Crippen molar-refractivity contribution in [2.75, 3.05) is 6.54 Å². The molecule has 1 aliphatic heterocycles. The summed E-state index contributed by atoms with van der Waals surface area (Å²) in [5.41, 5.74) is 6.50. The van der Waals surface area contributed by atoms with Crippen LogP contribution in [0.2, 0.25) is 0 Å². The van der Waals surface area contributed by atoms with Crippen molar-refractivity contribution in [3.05, 3.63) is 29.8 Å². The van der Waals surface area contributed by atoms with Crippen molar-refractivity contribution in [3.8, 4) is 5.75 Å². The van der Waals surface area contributed by atoms with Crippen molar-refractivity contribution in [3.63, 3.8) is 0 Å². The van der Waals surface area contributed by atoms with Gasteiger partial charge in [-0.2, -0.15) is 0 Å². The molecule has 0 aromatic heterocycles. The Morgan fingerprint density at radius 2 is 1.88 bits per heavy atom. The van der Waals surface area contributed by atoms with Crippen LogP contribution in [0.1, 0.15) is 12.0 Å². The van der Waals surface area contributed by atoms with E-state index < -0.39 is 42.3 Å². The van der Waals surface area contributed by atoms with Crippen LogP contribution >= 0.6 is 12.4 Å². The number of aromatic hydroxyl groups is 1. The minimum atomic E-state index is -1.31. The van der Waals surface area contributed by atoms with Gasteiger partial charge < -0.3 is 21.3 Å². The number of phenolic OH excluding ortho intramolecular Hbond substituents is 1. The molecule has 1 aromatic carbocycles. The number of hydrogen-bond donors (Lipinski definition) is 4. The van der Waals surface area contributed by atoms with Crippen molar-refractivity contribution in [1.82, 2.24) is 10.2 Å². The fourth-order valence-electron chi connectivity index (χ4n) is 2.35. The number of aliphatic carboxylic acids is 1. The summed E-state index contributed by atoms with van der Waals surface area (Å²) >= 11 is 0. The zero-order chi connectivity index (χ0) is 17.9. The Labute approximate surface area is 149 Å². The number of nitrogens with one attached hydrogen (secondary N) is 1. The number of carbonyl (C=O) groups is 4. The maximum atomic E-state index is 12.1. The summed E-state index contributed by atoms with van der Waals surface area (Å²) in [5, 5.41) is 20.3. The molecule has 0 bridgehead atoms. The standard InChI is InChI=1S/C15H17N3O6.ClH/c16-10(5-8-1-3-9(19)4-2-8)14(23)17-11-6-12(20)18(15(11)24)7-13(21)22;/h1-4,10-11,19H,5-7,16H2,(H,17,23)(H,21,22);1H/t10-,11-;/m0./s1. The van der Waals surface area contributed by atoms with E-state index in [-0.39, 0.29) is 31.0 Å². The molecule has 25 heavy (non-hydrogen) atoms. The molecule has 0 spiro atoms. The predicted molar refractivity (Wildman–Crippen MR) is 87.9 cm³/mol. The zero-order valence-electron chi connectivity index (χ0n) is 13.0. The molecule has 136 valence electrons. The van der Waals surface area contributed by atoms with E-state index in [9.17, 15) is 24.3 Å². The Morgan fingerprint density at radius 3 is 2.44 bits per heavy atom. The minimum Gasteiger partial charge on any atom is -0.508 e. The van der Waals surface area contributed by atoms with Gasteiger partial charge in [0.15, 0.2) is 0 Å². The molecule has 2 atom stereocenters. The number of imide groups is 1. The van der Waals surface area contributed by atoms with E-state index in [1.165, 1.54) is 12.1 Å². The van der Waals surface area contributed by atoms with Gasteiger partial charge in [-0.25, -0.2) is 0 Å². The van der Waals surface area contributed by atoms with Gasteiger partial charge in [0.1, 0.15) is 18.3 Å². The molecule has 1 heterocycles. The van der Waals surface area contributed by atoms with Gasteiger partial charge in [0.2, 0.25) is 11.8 Å². The number of carboxylic acids is 1. The SMILES string of the molecule is Cl.N[C@@H](Cc1ccc(O)cc1)C(=O)N[C@H]1CC(=O)N(CC(=O)O)C1=O. The third-order valence-electron chi connectivity index (χ3n) is 3.58. The first kappa shape index (κ1) is 20.4. The van der Waals surface area contributed by atoms with Crippen molar-refractivity contribution in [1.29, 1.82) is 0 Å². The van der Waals surface area contributed by atoms with Gasteiger partial charge in [0.05, 0.1) is 12.5 Å². The molecular formula is C15H18ClN3O6. The van der Waals surface area contributed by atoms with Crippen LogP contribution in [0.3, 0.4) is 0 Å². The summed E-state index contributed by atoms with van der Waals surface area (Å²) < 4.78 is 0. The lowest BCUT2D eigenvalue weighted by molar-refractivity contribution is -0.148. The molecule has 1 saturated heterocycles. The highest BCUT2D eigenvalue weighted by molar-refractivity contribution is 6.08. The molecule has 5 N–H and O–H groups in total. The Morgan fingerprint density at radius 1 is 1.28 bits per heavy atom. The molecule has 1 aliphatic rings. The number of amides is 3. The lowest BCUT2D eigenvalue weighted by Gasteiger charge is -2.16. The van der Waals surface area contributed by atoms with Crippen molar-refractivity contribution >= 4 is 36.1 Å². The third-order valence-corrected chi connectivity index (χ3v) is 3.58. The van der Waals surface area contributed by atoms with Crippen LogP contribution in [0, 0.1) is 0 Å². The highest BCUT2D eigenvalue weighted by Crippen LogP contribution is 2.14. The Bertz CT molecular complexity index is 678. The first-order valence-corrected chi connectivity index (χ1v) is 7.18. The molecule has 1 aromatic rings. The number of nitrogens with two attached hydrogens (primary N) is 1. The molecular weight excluding hydrogens is 354 g/mol. The van der Waals surface area contributed by atoms with Gasteiger partial charge in [-0.15, -0.1) is 12.4 Å². The van der Waals surface area contributed by atoms with Crippen molar-refractivity contribution < 1.29 is 29.4 Å².